The van der Waals surface area contributed by atoms with E-state index >= 15 is 0 Å². The van der Waals surface area contributed by atoms with Crippen molar-refractivity contribution in [2.24, 2.45) is 0 Å². The lowest BCUT2D eigenvalue weighted by Gasteiger charge is -2.20. The number of rotatable bonds is 4. The Kier molecular flexibility index (Phi) is 5.54. The van der Waals surface area contributed by atoms with Crippen LogP contribution in [0, 0.1) is 6.92 Å². The highest BCUT2D eigenvalue weighted by Gasteiger charge is 2.20. The molecule has 1 N–H and O–H groups in total. The highest BCUT2D eigenvalue weighted by atomic mass is 79.9. The summed E-state index contributed by atoms with van der Waals surface area (Å²) in [7, 11) is 1.72. The molecule has 0 aromatic heterocycles. The molecule has 1 atom stereocenters. The van der Waals surface area contributed by atoms with Crippen LogP contribution < -0.4 is 5.32 Å². The summed E-state index contributed by atoms with van der Waals surface area (Å²) >= 11 is 3.34. The molecule has 4 nitrogen and oxygen atoms in total. The van der Waals surface area contributed by atoms with Crippen LogP contribution in [-0.2, 0) is 4.79 Å². The van der Waals surface area contributed by atoms with Gasteiger partial charge < -0.3 is 10.2 Å². The Morgan fingerprint density at radius 2 is 2.05 bits per heavy atom. The zero-order chi connectivity index (χ0) is 14.6. The Labute approximate surface area is 122 Å². The molecule has 19 heavy (non-hydrogen) atoms. The van der Waals surface area contributed by atoms with Crippen molar-refractivity contribution in [1.82, 2.24) is 10.2 Å². The van der Waals surface area contributed by atoms with E-state index in [0.29, 0.717) is 12.1 Å². The van der Waals surface area contributed by atoms with Gasteiger partial charge in [-0.2, -0.15) is 0 Å². The first-order chi connectivity index (χ1) is 8.86. The average Bonchev–Trinajstić information content (AvgIpc) is 2.39. The number of nitrogens with one attached hydrogen (secondary N) is 1. The molecule has 0 fully saturated rings. The molecule has 0 heterocycles. The van der Waals surface area contributed by atoms with Crippen LogP contribution in [0.2, 0.25) is 0 Å². The second-order valence-electron chi connectivity index (χ2n) is 4.53. The van der Waals surface area contributed by atoms with Crippen molar-refractivity contribution in [3.8, 4) is 0 Å². The van der Waals surface area contributed by atoms with Gasteiger partial charge in [0.05, 0.1) is 5.56 Å². The fourth-order valence-corrected chi connectivity index (χ4v) is 2.06. The van der Waals surface area contributed by atoms with Gasteiger partial charge in [-0.15, -0.1) is 0 Å². The van der Waals surface area contributed by atoms with Crippen LogP contribution in [-0.4, -0.2) is 36.3 Å². The summed E-state index contributed by atoms with van der Waals surface area (Å²) in [5.74, 6) is -0.347. The molecule has 0 radical (unpaired) electrons. The van der Waals surface area contributed by atoms with Crippen molar-refractivity contribution in [2.45, 2.75) is 26.8 Å². The van der Waals surface area contributed by atoms with Crippen molar-refractivity contribution < 1.29 is 9.59 Å². The molecule has 0 aliphatic carbocycles. The monoisotopic (exact) mass is 326 g/mol. The normalized spacial score (nSPS) is 11.8. The van der Waals surface area contributed by atoms with Crippen molar-refractivity contribution in [1.29, 1.82) is 0 Å². The molecule has 1 rings (SSSR count). The summed E-state index contributed by atoms with van der Waals surface area (Å²) in [5, 5.41) is 2.72. The largest absolute Gasteiger partial charge is 0.344 e. The topological polar surface area (TPSA) is 49.4 Å². The lowest BCUT2D eigenvalue weighted by Crippen LogP contribution is -2.45. The molecule has 0 saturated carbocycles. The number of carbonyl (C=O) groups is 2. The summed E-state index contributed by atoms with van der Waals surface area (Å²) in [6.07, 6.45) is 0. The van der Waals surface area contributed by atoms with Crippen molar-refractivity contribution in [3.63, 3.8) is 0 Å². The minimum absolute atomic E-state index is 0.0976. The van der Waals surface area contributed by atoms with Crippen molar-refractivity contribution in [3.05, 3.63) is 33.8 Å². The van der Waals surface area contributed by atoms with Gasteiger partial charge in [-0.1, -0.05) is 11.6 Å². The molecule has 0 aliphatic rings. The number of likely N-dealkylation sites (N-methyl/N-ethyl adjacent to an activating group) is 1. The van der Waals surface area contributed by atoms with Gasteiger partial charge in [0.15, 0.2) is 0 Å². The van der Waals surface area contributed by atoms with Gasteiger partial charge in [0.1, 0.15) is 6.04 Å². The average molecular weight is 327 g/mol. The van der Waals surface area contributed by atoms with Gasteiger partial charge in [0.25, 0.3) is 5.91 Å². The van der Waals surface area contributed by atoms with Gasteiger partial charge in [-0.05, 0) is 48.8 Å². The van der Waals surface area contributed by atoms with Crippen LogP contribution in [0.3, 0.4) is 0 Å². The second kappa shape index (κ2) is 6.70. The van der Waals surface area contributed by atoms with Gasteiger partial charge in [0, 0.05) is 18.1 Å². The molecule has 1 aromatic rings. The Morgan fingerprint density at radius 3 is 2.63 bits per heavy atom. The van der Waals surface area contributed by atoms with Crippen LogP contribution >= 0.6 is 15.9 Å². The van der Waals surface area contributed by atoms with E-state index in [1.54, 1.807) is 24.9 Å². The summed E-state index contributed by atoms with van der Waals surface area (Å²) in [5.41, 5.74) is 1.54. The highest BCUT2D eigenvalue weighted by molar-refractivity contribution is 9.10. The highest BCUT2D eigenvalue weighted by Crippen LogP contribution is 2.18. The molecular weight excluding hydrogens is 308 g/mol. The number of hydrogen-bond donors (Lipinski definition) is 1. The molecule has 0 bridgehead atoms. The minimum Gasteiger partial charge on any atom is -0.344 e. The summed E-state index contributed by atoms with van der Waals surface area (Å²) in [6, 6.07) is 5.00. The maximum atomic E-state index is 12.1. The van der Waals surface area contributed by atoms with E-state index in [0.717, 1.165) is 10.0 Å². The summed E-state index contributed by atoms with van der Waals surface area (Å²) in [4.78, 5) is 25.6. The van der Waals surface area contributed by atoms with Gasteiger partial charge in [-0.25, -0.2) is 0 Å². The number of aryl methyl sites for hydroxylation is 1. The third-order valence-corrected chi connectivity index (χ3v) is 3.63. The van der Waals surface area contributed by atoms with E-state index < -0.39 is 6.04 Å². The molecule has 104 valence electrons. The van der Waals surface area contributed by atoms with Crippen LogP contribution in [0.1, 0.15) is 29.8 Å². The predicted octanol–water partition coefficient (Wildman–Crippen LogP) is 2.35. The van der Waals surface area contributed by atoms with Gasteiger partial charge in [0.2, 0.25) is 5.91 Å². The van der Waals surface area contributed by atoms with Crippen LogP contribution in [0.25, 0.3) is 0 Å². The van der Waals surface area contributed by atoms with Crippen LogP contribution in [0.5, 0.6) is 0 Å². The Hall–Kier alpha value is -1.36. The third kappa shape index (κ3) is 4.06. The molecule has 0 saturated heterocycles. The Morgan fingerprint density at radius 1 is 1.42 bits per heavy atom. The molecule has 0 aliphatic heterocycles. The molecule has 2 amide bonds. The number of carbonyl (C=O) groups excluding carboxylic acids is 2. The zero-order valence-electron chi connectivity index (χ0n) is 11.7. The quantitative estimate of drug-likeness (QED) is 0.923. The second-order valence-corrected chi connectivity index (χ2v) is 5.39. The van der Waals surface area contributed by atoms with E-state index in [-0.39, 0.29) is 11.8 Å². The smallest absolute Gasteiger partial charge is 0.253 e. The minimum atomic E-state index is -0.537. The Bertz CT molecular complexity index is 488. The fourth-order valence-electron chi connectivity index (χ4n) is 1.64. The maximum absolute atomic E-state index is 12.1. The first kappa shape index (κ1) is 15.7. The molecule has 5 heteroatoms. The van der Waals surface area contributed by atoms with Gasteiger partial charge >= 0.3 is 0 Å². The lowest BCUT2D eigenvalue weighted by atomic mass is 10.1. The predicted molar refractivity (Wildman–Crippen MR) is 79.1 cm³/mol. The zero-order valence-corrected chi connectivity index (χ0v) is 13.2. The van der Waals surface area contributed by atoms with Crippen LogP contribution in [0.15, 0.2) is 22.7 Å². The summed E-state index contributed by atoms with van der Waals surface area (Å²) in [6.45, 7) is 6.12. The number of halogens is 1. The van der Waals surface area contributed by atoms with Crippen LogP contribution in [0.4, 0.5) is 0 Å². The molecule has 0 spiro atoms. The SMILES string of the molecule is CCN(C)C(=O)C(C)NC(=O)c1cc(C)ccc1Br. The van der Waals surface area contributed by atoms with Crippen molar-refractivity contribution in [2.75, 3.05) is 13.6 Å². The van der Waals surface area contributed by atoms with E-state index in [2.05, 4.69) is 21.2 Å². The fraction of sp³-hybridized carbons (Fsp3) is 0.429. The first-order valence-electron chi connectivity index (χ1n) is 6.18. The van der Waals surface area contributed by atoms with E-state index in [1.165, 1.54) is 0 Å². The number of amides is 2. The number of hydrogen-bond acceptors (Lipinski definition) is 2. The molecule has 1 aromatic carbocycles. The Balaban J connectivity index is 2.80. The number of nitrogens with zero attached hydrogens (tertiary/aromatic N) is 1. The van der Waals surface area contributed by atoms with Gasteiger partial charge in [-0.3, -0.25) is 9.59 Å². The summed E-state index contributed by atoms with van der Waals surface area (Å²) < 4.78 is 0.721. The maximum Gasteiger partial charge on any atom is 0.253 e. The third-order valence-electron chi connectivity index (χ3n) is 2.94. The van der Waals surface area contributed by atoms with E-state index in [4.69, 9.17) is 0 Å². The number of benzene rings is 1. The first-order valence-corrected chi connectivity index (χ1v) is 6.98. The lowest BCUT2D eigenvalue weighted by molar-refractivity contribution is -0.131. The van der Waals surface area contributed by atoms with E-state index in [9.17, 15) is 9.59 Å². The van der Waals surface area contributed by atoms with Crippen molar-refractivity contribution >= 4 is 27.7 Å². The molecular formula is C14H19BrN2O2. The van der Waals surface area contributed by atoms with E-state index in [1.807, 2.05) is 26.0 Å². The molecule has 1 unspecified atom stereocenters. The standard InChI is InChI=1S/C14H19BrN2O2/c1-5-17(4)14(19)10(3)16-13(18)11-8-9(2)6-7-12(11)15/h6-8,10H,5H2,1-4H3,(H,16,18).